The number of hydrogen-bond acceptors (Lipinski definition) is 3. The molecular formula is C8H13N3. The van der Waals surface area contributed by atoms with Crippen molar-refractivity contribution in [1.29, 1.82) is 0 Å². The molecule has 0 aliphatic carbocycles. The molecular weight excluding hydrogens is 138 g/mol. The normalized spacial score (nSPS) is 12.9. The van der Waals surface area contributed by atoms with Crippen molar-refractivity contribution in [2.24, 2.45) is 0 Å². The molecule has 0 aromatic carbocycles. The molecule has 1 aromatic rings. The molecule has 3 nitrogen and oxygen atoms in total. The lowest BCUT2D eigenvalue weighted by atomic mass is 10.2. The van der Waals surface area contributed by atoms with E-state index < -0.39 is 0 Å². The molecule has 0 radical (unpaired) electrons. The van der Waals surface area contributed by atoms with Crippen LogP contribution in [0.4, 0.5) is 5.82 Å². The minimum Gasteiger partial charge on any atom is -0.384 e. The Morgan fingerprint density at radius 1 is 1.55 bits per heavy atom. The van der Waals surface area contributed by atoms with Gasteiger partial charge >= 0.3 is 0 Å². The van der Waals surface area contributed by atoms with Gasteiger partial charge in [0.1, 0.15) is 5.82 Å². The Hall–Kier alpha value is -1.09. The van der Waals surface area contributed by atoms with E-state index in [4.69, 9.17) is 5.73 Å². The van der Waals surface area contributed by atoms with Crippen molar-refractivity contribution in [2.75, 3.05) is 12.8 Å². The van der Waals surface area contributed by atoms with Gasteiger partial charge in [-0.15, -0.1) is 0 Å². The molecule has 0 amide bonds. The van der Waals surface area contributed by atoms with Crippen LogP contribution in [0.25, 0.3) is 0 Å². The third kappa shape index (κ3) is 1.91. The minimum absolute atomic E-state index is 0.262. The SMILES string of the molecule is CNC(C)c1cccc(N)n1. The van der Waals surface area contributed by atoms with Gasteiger partial charge in [0.05, 0.1) is 5.69 Å². The van der Waals surface area contributed by atoms with Gasteiger partial charge in [0.2, 0.25) is 0 Å². The van der Waals surface area contributed by atoms with Gasteiger partial charge in [-0.05, 0) is 26.1 Å². The van der Waals surface area contributed by atoms with Crippen LogP contribution in [-0.4, -0.2) is 12.0 Å². The van der Waals surface area contributed by atoms with Crippen molar-refractivity contribution in [3.63, 3.8) is 0 Å². The lowest BCUT2D eigenvalue weighted by Gasteiger charge is -2.08. The molecule has 11 heavy (non-hydrogen) atoms. The Labute approximate surface area is 66.6 Å². The Balaban J connectivity index is 2.86. The predicted molar refractivity (Wildman–Crippen MR) is 46.1 cm³/mol. The van der Waals surface area contributed by atoms with Crippen molar-refractivity contribution in [3.05, 3.63) is 23.9 Å². The topological polar surface area (TPSA) is 50.9 Å². The highest BCUT2D eigenvalue weighted by Gasteiger charge is 2.02. The molecule has 1 atom stereocenters. The molecule has 0 bridgehead atoms. The summed E-state index contributed by atoms with van der Waals surface area (Å²) in [5.41, 5.74) is 6.49. The lowest BCUT2D eigenvalue weighted by Crippen LogP contribution is -2.14. The van der Waals surface area contributed by atoms with Gasteiger partial charge in [-0.1, -0.05) is 6.07 Å². The Morgan fingerprint density at radius 2 is 2.27 bits per heavy atom. The molecule has 0 spiro atoms. The molecule has 0 aliphatic heterocycles. The molecule has 60 valence electrons. The number of pyridine rings is 1. The number of nitrogen functional groups attached to an aromatic ring is 1. The van der Waals surface area contributed by atoms with E-state index in [9.17, 15) is 0 Å². The van der Waals surface area contributed by atoms with Crippen LogP contribution in [0, 0.1) is 0 Å². The van der Waals surface area contributed by atoms with Crippen LogP contribution < -0.4 is 11.1 Å². The predicted octanol–water partition coefficient (Wildman–Crippen LogP) is 0.944. The van der Waals surface area contributed by atoms with Gasteiger partial charge < -0.3 is 11.1 Å². The Bertz CT molecular complexity index is 235. The van der Waals surface area contributed by atoms with E-state index in [-0.39, 0.29) is 6.04 Å². The van der Waals surface area contributed by atoms with E-state index in [1.54, 1.807) is 6.07 Å². The monoisotopic (exact) mass is 151 g/mol. The number of hydrogen-bond donors (Lipinski definition) is 2. The van der Waals surface area contributed by atoms with Gasteiger partial charge in [0, 0.05) is 6.04 Å². The van der Waals surface area contributed by atoms with Gasteiger partial charge in [0.15, 0.2) is 0 Å². The lowest BCUT2D eigenvalue weighted by molar-refractivity contribution is 0.634. The summed E-state index contributed by atoms with van der Waals surface area (Å²) < 4.78 is 0. The van der Waals surface area contributed by atoms with Crippen molar-refractivity contribution in [1.82, 2.24) is 10.3 Å². The second-order valence-corrected chi connectivity index (χ2v) is 2.50. The zero-order valence-electron chi connectivity index (χ0n) is 6.83. The fourth-order valence-corrected chi connectivity index (χ4v) is 0.858. The first-order chi connectivity index (χ1) is 5.24. The Morgan fingerprint density at radius 3 is 2.82 bits per heavy atom. The fourth-order valence-electron chi connectivity index (χ4n) is 0.858. The van der Waals surface area contributed by atoms with E-state index in [1.165, 1.54) is 0 Å². The van der Waals surface area contributed by atoms with Crippen molar-refractivity contribution < 1.29 is 0 Å². The second-order valence-electron chi connectivity index (χ2n) is 2.50. The average Bonchev–Trinajstić information content (AvgIpc) is 2.03. The maximum absolute atomic E-state index is 5.51. The highest BCUT2D eigenvalue weighted by Crippen LogP contribution is 2.09. The first-order valence-electron chi connectivity index (χ1n) is 3.63. The largest absolute Gasteiger partial charge is 0.384 e. The van der Waals surface area contributed by atoms with E-state index in [1.807, 2.05) is 26.1 Å². The quantitative estimate of drug-likeness (QED) is 0.661. The third-order valence-electron chi connectivity index (χ3n) is 1.67. The number of nitrogens with two attached hydrogens (primary N) is 1. The molecule has 0 aliphatic rings. The average molecular weight is 151 g/mol. The van der Waals surface area contributed by atoms with E-state index >= 15 is 0 Å². The van der Waals surface area contributed by atoms with Gasteiger partial charge in [-0.2, -0.15) is 0 Å². The molecule has 1 aromatic heterocycles. The highest BCUT2D eigenvalue weighted by atomic mass is 14.9. The Kier molecular flexibility index (Phi) is 2.44. The zero-order valence-corrected chi connectivity index (χ0v) is 6.83. The summed E-state index contributed by atoms with van der Waals surface area (Å²) in [4.78, 5) is 4.16. The number of anilines is 1. The van der Waals surface area contributed by atoms with Crippen molar-refractivity contribution >= 4 is 5.82 Å². The summed E-state index contributed by atoms with van der Waals surface area (Å²) in [6.45, 7) is 2.04. The van der Waals surface area contributed by atoms with Crippen LogP contribution in [0.5, 0.6) is 0 Å². The van der Waals surface area contributed by atoms with E-state index in [0.29, 0.717) is 5.82 Å². The van der Waals surface area contributed by atoms with Gasteiger partial charge in [-0.25, -0.2) is 4.98 Å². The first kappa shape index (κ1) is 8.01. The number of rotatable bonds is 2. The number of nitrogens with one attached hydrogen (secondary N) is 1. The van der Waals surface area contributed by atoms with Crippen molar-refractivity contribution in [3.8, 4) is 0 Å². The van der Waals surface area contributed by atoms with Crippen LogP contribution in [0.1, 0.15) is 18.7 Å². The molecule has 1 unspecified atom stereocenters. The molecule has 0 saturated heterocycles. The smallest absolute Gasteiger partial charge is 0.123 e. The second kappa shape index (κ2) is 3.34. The van der Waals surface area contributed by atoms with Gasteiger partial charge in [0.25, 0.3) is 0 Å². The standard InChI is InChI=1S/C8H13N3/c1-6(10-2)7-4-3-5-8(9)11-7/h3-6,10H,1-2H3,(H2,9,11). The molecule has 3 N–H and O–H groups in total. The van der Waals surface area contributed by atoms with Crippen LogP contribution in [0.2, 0.25) is 0 Å². The maximum atomic E-state index is 5.51. The molecule has 0 saturated carbocycles. The number of nitrogens with zero attached hydrogens (tertiary/aromatic N) is 1. The summed E-state index contributed by atoms with van der Waals surface area (Å²) in [6, 6.07) is 5.91. The molecule has 0 fully saturated rings. The summed E-state index contributed by atoms with van der Waals surface area (Å²) >= 11 is 0. The van der Waals surface area contributed by atoms with Crippen LogP contribution in [-0.2, 0) is 0 Å². The first-order valence-corrected chi connectivity index (χ1v) is 3.63. The minimum atomic E-state index is 0.262. The summed E-state index contributed by atoms with van der Waals surface area (Å²) in [6.07, 6.45) is 0. The third-order valence-corrected chi connectivity index (χ3v) is 1.67. The zero-order chi connectivity index (χ0) is 8.27. The van der Waals surface area contributed by atoms with Crippen LogP contribution in [0.3, 0.4) is 0 Å². The maximum Gasteiger partial charge on any atom is 0.123 e. The van der Waals surface area contributed by atoms with E-state index in [2.05, 4.69) is 10.3 Å². The highest BCUT2D eigenvalue weighted by molar-refractivity contribution is 5.29. The molecule has 1 rings (SSSR count). The summed E-state index contributed by atoms with van der Waals surface area (Å²) in [7, 11) is 1.90. The summed E-state index contributed by atoms with van der Waals surface area (Å²) in [5, 5.41) is 3.09. The molecule has 1 heterocycles. The van der Waals surface area contributed by atoms with E-state index in [0.717, 1.165) is 5.69 Å². The van der Waals surface area contributed by atoms with Crippen molar-refractivity contribution in [2.45, 2.75) is 13.0 Å². The van der Waals surface area contributed by atoms with Gasteiger partial charge in [-0.3, -0.25) is 0 Å². The van der Waals surface area contributed by atoms with Crippen LogP contribution in [0.15, 0.2) is 18.2 Å². The number of aromatic nitrogens is 1. The molecule has 3 heteroatoms. The summed E-state index contributed by atoms with van der Waals surface area (Å²) in [5.74, 6) is 0.574. The fraction of sp³-hybridized carbons (Fsp3) is 0.375. The van der Waals surface area contributed by atoms with Crippen LogP contribution >= 0.6 is 0 Å².